The van der Waals surface area contributed by atoms with Crippen LogP contribution in [0.15, 0.2) is 30.5 Å². The van der Waals surface area contributed by atoms with Gasteiger partial charge in [-0.05, 0) is 29.2 Å². The molecule has 0 saturated heterocycles. The summed E-state index contributed by atoms with van der Waals surface area (Å²) in [6.45, 7) is 0.210. The fraction of sp³-hybridized carbons (Fsp3) is 0.182. The van der Waals surface area contributed by atoms with Gasteiger partial charge in [0.15, 0.2) is 5.69 Å². The second-order valence-electron chi connectivity index (χ2n) is 3.72. The lowest BCUT2D eigenvalue weighted by Gasteiger charge is -2.05. The van der Waals surface area contributed by atoms with E-state index in [0.717, 1.165) is 0 Å². The molecular weight excluding hydrogens is 236 g/mol. The quantitative estimate of drug-likeness (QED) is 0.502. The molecule has 0 fully saturated rings. The van der Waals surface area contributed by atoms with Crippen LogP contribution in [0, 0.1) is 10.1 Å². The predicted molar refractivity (Wildman–Crippen MR) is 65.0 cm³/mol. The van der Waals surface area contributed by atoms with E-state index in [-0.39, 0.29) is 12.6 Å². The predicted octanol–water partition coefficient (Wildman–Crippen LogP) is 1.49. The van der Waals surface area contributed by atoms with Gasteiger partial charge in [0.1, 0.15) is 18.6 Å². The van der Waals surface area contributed by atoms with Crippen molar-refractivity contribution in [1.82, 2.24) is 9.55 Å². The monoisotopic (exact) mass is 248 g/mol. The first-order valence-corrected chi connectivity index (χ1v) is 5.21. The third-order valence-corrected chi connectivity index (χ3v) is 2.49. The SMILES string of the molecule is Cn1c(COc2ccc(N)cc2)cnc1[N+](=O)[O-]. The molecule has 0 amide bonds. The Morgan fingerprint density at radius 2 is 2.11 bits per heavy atom. The topological polar surface area (TPSA) is 96.2 Å². The van der Waals surface area contributed by atoms with Crippen LogP contribution in [-0.4, -0.2) is 14.5 Å². The molecule has 0 aliphatic heterocycles. The Bertz CT molecular complexity index is 562. The number of hydrogen-bond donors (Lipinski definition) is 1. The summed E-state index contributed by atoms with van der Waals surface area (Å²) >= 11 is 0. The minimum atomic E-state index is -0.535. The number of imidazole rings is 1. The lowest BCUT2D eigenvalue weighted by atomic mass is 10.3. The second-order valence-corrected chi connectivity index (χ2v) is 3.72. The summed E-state index contributed by atoms with van der Waals surface area (Å²) in [7, 11) is 1.58. The van der Waals surface area contributed by atoms with Crippen molar-refractivity contribution >= 4 is 11.6 Å². The van der Waals surface area contributed by atoms with Crippen LogP contribution >= 0.6 is 0 Å². The van der Waals surface area contributed by atoms with E-state index in [0.29, 0.717) is 17.1 Å². The Kier molecular flexibility index (Phi) is 3.13. The lowest BCUT2D eigenvalue weighted by Crippen LogP contribution is -2.04. The first kappa shape index (κ1) is 11.9. The highest BCUT2D eigenvalue weighted by molar-refractivity contribution is 5.41. The molecule has 7 nitrogen and oxygen atoms in total. The molecule has 2 aromatic rings. The standard InChI is InChI=1S/C11H12N4O3/c1-14-9(6-13-11(14)15(16)17)7-18-10-4-2-8(12)3-5-10/h2-6H,7,12H2,1H3. The minimum absolute atomic E-state index is 0.203. The molecule has 1 aromatic carbocycles. The van der Waals surface area contributed by atoms with E-state index in [1.165, 1.54) is 10.8 Å². The van der Waals surface area contributed by atoms with Crippen molar-refractivity contribution in [3.05, 3.63) is 46.3 Å². The molecular formula is C11H12N4O3. The maximum absolute atomic E-state index is 10.6. The zero-order valence-corrected chi connectivity index (χ0v) is 9.74. The van der Waals surface area contributed by atoms with Crippen LogP contribution in [0.1, 0.15) is 5.69 Å². The average molecular weight is 248 g/mol. The highest BCUT2D eigenvalue weighted by Crippen LogP contribution is 2.16. The molecule has 2 rings (SSSR count). The summed E-state index contributed by atoms with van der Waals surface area (Å²) in [5.41, 5.74) is 6.83. The van der Waals surface area contributed by atoms with Gasteiger partial charge < -0.3 is 20.6 Å². The van der Waals surface area contributed by atoms with Crippen molar-refractivity contribution in [1.29, 1.82) is 0 Å². The number of nitrogens with two attached hydrogens (primary N) is 1. The van der Waals surface area contributed by atoms with Crippen molar-refractivity contribution in [2.24, 2.45) is 7.05 Å². The Morgan fingerprint density at radius 1 is 1.44 bits per heavy atom. The van der Waals surface area contributed by atoms with Crippen molar-refractivity contribution in [3.63, 3.8) is 0 Å². The number of benzene rings is 1. The molecule has 0 bridgehead atoms. The highest BCUT2D eigenvalue weighted by atomic mass is 16.6. The third-order valence-electron chi connectivity index (χ3n) is 2.49. The number of nitro groups is 1. The molecule has 94 valence electrons. The minimum Gasteiger partial charge on any atom is -0.486 e. The lowest BCUT2D eigenvalue weighted by molar-refractivity contribution is -0.396. The van der Waals surface area contributed by atoms with Crippen LogP contribution in [0.2, 0.25) is 0 Å². The fourth-order valence-corrected chi connectivity index (χ4v) is 1.46. The van der Waals surface area contributed by atoms with Crippen LogP contribution in [0.3, 0.4) is 0 Å². The second kappa shape index (κ2) is 4.74. The van der Waals surface area contributed by atoms with Gasteiger partial charge in [-0.15, -0.1) is 0 Å². The summed E-state index contributed by atoms with van der Waals surface area (Å²) < 4.78 is 6.87. The van der Waals surface area contributed by atoms with Gasteiger partial charge in [0.25, 0.3) is 0 Å². The zero-order valence-electron chi connectivity index (χ0n) is 9.74. The van der Waals surface area contributed by atoms with E-state index < -0.39 is 4.92 Å². The summed E-state index contributed by atoms with van der Waals surface area (Å²) in [6.07, 6.45) is 1.43. The van der Waals surface area contributed by atoms with E-state index in [2.05, 4.69) is 4.98 Å². The van der Waals surface area contributed by atoms with Gasteiger partial charge in [0.05, 0.1) is 7.05 Å². The number of ether oxygens (including phenoxy) is 1. The van der Waals surface area contributed by atoms with Gasteiger partial charge >= 0.3 is 5.95 Å². The van der Waals surface area contributed by atoms with Crippen LogP contribution in [0.4, 0.5) is 11.6 Å². The fourth-order valence-electron chi connectivity index (χ4n) is 1.46. The van der Waals surface area contributed by atoms with Gasteiger partial charge in [0, 0.05) is 5.69 Å². The van der Waals surface area contributed by atoms with E-state index >= 15 is 0 Å². The van der Waals surface area contributed by atoms with Gasteiger partial charge in [-0.2, -0.15) is 0 Å². The molecule has 0 radical (unpaired) electrons. The van der Waals surface area contributed by atoms with Crippen LogP contribution in [-0.2, 0) is 13.7 Å². The zero-order chi connectivity index (χ0) is 13.1. The number of aromatic nitrogens is 2. The number of anilines is 1. The summed E-state index contributed by atoms with van der Waals surface area (Å²) in [4.78, 5) is 13.8. The highest BCUT2D eigenvalue weighted by Gasteiger charge is 2.17. The van der Waals surface area contributed by atoms with E-state index in [1.54, 1.807) is 31.3 Å². The smallest absolute Gasteiger partial charge is 0.434 e. The normalized spacial score (nSPS) is 10.3. The van der Waals surface area contributed by atoms with Crippen molar-refractivity contribution in [2.75, 3.05) is 5.73 Å². The Hall–Kier alpha value is -2.57. The van der Waals surface area contributed by atoms with E-state index in [9.17, 15) is 10.1 Å². The van der Waals surface area contributed by atoms with Crippen molar-refractivity contribution < 1.29 is 9.66 Å². The summed E-state index contributed by atoms with van der Waals surface area (Å²) in [5, 5.41) is 10.6. The van der Waals surface area contributed by atoms with Crippen LogP contribution in [0.25, 0.3) is 0 Å². The first-order valence-electron chi connectivity index (χ1n) is 5.21. The molecule has 0 unspecified atom stereocenters. The molecule has 18 heavy (non-hydrogen) atoms. The van der Waals surface area contributed by atoms with Crippen LogP contribution in [0.5, 0.6) is 5.75 Å². The molecule has 0 atom stereocenters. The van der Waals surface area contributed by atoms with Crippen LogP contribution < -0.4 is 10.5 Å². The first-order chi connectivity index (χ1) is 8.58. The van der Waals surface area contributed by atoms with E-state index in [1.807, 2.05) is 0 Å². The Labute approximate surface area is 103 Å². The number of nitrogens with zero attached hydrogens (tertiary/aromatic N) is 3. The maximum atomic E-state index is 10.6. The number of rotatable bonds is 4. The third kappa shape index (κ3) is 2.40. The Balaban J connectivity index is 2.06. The molecule has 0 spiro atoms. The molecule has 0 aliphatic rings. The summed E-state index contributed by atoms with van der Waals surface area (Å²) in [5.74, 6) is 0.443. The van der Waals surface area contributed by atoms with Crippen molar-refractivity contribution in [3.8, 4) is 5.75 Å². The Morgan fingerprint density at radius 3 is 2.67 bits per heavy atom. The van der Waals surface area contributed by atoms with Gasteiger partial charge in [0.2, 0.25) is 0 Å². The number of nitrogen functional groups attached to an aromatic ring is 1. The van der Waals surface area contributed by atoms with Gasteiger partial charge in [-0.3, -0.25) is 0 Å². The maximum Gasteiger partial charge on any atom is 0.434 e. The molecule has 1 aromatic heterocycles. The molecule has 2 N–H and O–H groups in total. The van der Waals surface area contributed by atoms with Crippen molar-refractivity contribution in [2.45, 2.75) is 6.61 Å². The largest absolute Gasteiger partial charge is 0.486 e. The van der Waals surface area contributed by atoms with E-state index in [4.69, 9.17) is 10.5 Å². The summed E-state index contributed by atoms with van der Waals surface area (Å²) in [6, 6.07) is 6.92. The van der Waals surface area contributed by atoms with Gasteiger partial charge in [-0.1, -0.05) is 4.98 Å². The average Bonchev–Trinajstić information content (AvgIpc) is 2.70. The molecule has 0 saturated carbocycles. The molecule has 1 heterocycles. The molecule has 0 aliphatic carbocycles. The number of hydrogen-bond acceptors (Lipinski definition) is 5. The molecule has 7 heteroatoms. The van der Waals surface area contributed by atoms with Gasteiger partial charge in [-0.25, -0.2) is 4.57 Å².